The topological polar surface area (TPSA) is 106 Å². The molecule has 0 saturated heterocycles. The van der Waals surface area contributed by atoms with E-state index in [9.17, 15) is 30.0 Å². The summed E-state index contributed by atoms with van der Waals surface area (Å²) in [5, 5.41) is -1.22. The molecule has 0 heterocycles. The van der Waals surface area contributed by atoms with Gasteiger partial charge in [0, 0.05) is 18.5 Å². The second kappa shape index (κ2) is 5.81. The number of rotatable bonds is 5. The molecule has 0 saturated carbocycles. The second-order valence-corrected chi connectivity index (χ2v) is 8.56. The van der Waals surface area contributed by atoms with Crippen molar-refractivity contribution < 1.29 is 30.0 Å². The standard InChI is InChI=1S/C10H13F3N2O4S2/c1-20(16,17)6-21(18,19)15-8-3-2-7(5-14)9(4-8)10(11,12)13/h2-4,15H,5-6,14H2,1H3. The fraction of sp³-hybridized carbons (Fsp3) is 0.400. The Hall–Kier alpha value is -1.33. The van der Waals surface area contributed by atoms with Crippen LogP contribution < -0.4 is 10.5 Å². The van der Waals surface area contributed by atoms with Gasteiger partial charge in [0.15, 0.2) is 14.9 Å². The molecular formula is C10H13F3N2O4S2. The van der Waals surface area contributed by atoms with Crippen molar-refractivity contribution in [3.8, 4) is 0 Å². The Balaban J connectivity index is 3.17. The molecule has 0 aliphatic rings. The van der Waals surface area contributed by atoms with Gasteiger partial charge in [0.2, 0.25) is 10.0 Å². The average Bonchev–Trinajstić information content (AvgIpc) is 2.23. The number of nitrogens with one attached hydrogen (secondary N) is 1. The van der Waals surface area contributed by atoms with Crippen LogP contribution in [-0.2, 0) is 32.6 Å². The maximum absolute atomic E-state index is 12.8. The highest BCUT2D eigenvalue weighted by molar-refractivity contribution is 8.08. The summed E-state index contributed by atoms with van der Waals surface area (Å²) < 4.78 is 85.1. The van der Waals surface area contributed by atoms with Crippen molar-refractivity contribution in [1.29, 1.82) is 0 Å². The minimum absolute atomic E-state index is 0.200. The van der Waals surface area contributed by atoms with E-state index in [4.69, 9.17) is 5.73 Å². The lowest BCUT2D eigenvalue weighted by atomic mass is 10.1. The van der Waals surface area contributed by atoms with Crippen LogP contribution in [0.25, 0.3) is 0 Å². The van der Waals surface area contributed by atoms with Crippen molar-refractivity contribution in [2.45, 2.75) is 12.7 Å². The molecule has 0 amide bonds. The lowest BCUT2D eigenvalue weighted by Crippen LogP contribution is -2.22. The number of hydrogen-bond acceptors (Lipinski definition) is 5. The van der Waals surface area contributed by atoms with Gasteiger partial charge in [-0.15, -0.1) is 0 Å². The Morgan fingerprint density at radius 3 is 2.19 bits per heavy atom. The monoisotopic (exact) mass is 346 g/mol. The number of nitrogens with two attached hydrogens (primary N) is 1. The number of sulfone groups is 1. The third-order valence-corrected chi connectivity index (χ3v) is 5.78. The fourth-order valence-corrected chi connectivity index (χ4v) is 4.55. The lowest BCUT2D eigenvalue weighted by molar-refractivity contribution is -0.138. The van der Waals surface area contributed by atoms with Gasteiger partial charge in [-0.1, -0.05) is 6.07 Å². The Morgan fingerprint density at radius 1 is 1.19 bits per heavy atom. The molecule has 0 radical (unpaired) electrons. The molecule has 120 valence electrons. The highest BCUT2D eigenvalue weighted by Crippen LogP contribution is 2.33. The van der Waals surface area contributed by atoms with E-state index in [1.165, 1.54) is 0 Å². The van der Waals surface area contributed by atoms with Crippen LogP contribution >= 0.6 is 0 Å². The summed E-state index contributed by atoms with van der Waals surface area (Å²) in [4.78, 5) is 0. The molecule has 0 fully saturated rings. The Morgan fingerprint density at radius 2 is 1.76 bits per heavy atom. The Kier molecular flexibility index (Phi) is 4.90. The highest BCUT2D eigenvalue weighted by atomic mass is 32.3. The van der Waals surface area contributed by atoms with Crippen LogP contribution in [0.5, 0.6) is 0 Å². The Labute approximate surface area is 120 Å². The first-order valence-corrected chi connectivity index (χ1v) is 9.14. The summed E-state index contributed by atoms with van der Waals surface area (Å²) >= 11 is 0. The predicted molar refractivity (Wildman–Crippen MR) is 71.6 cm³/mol. The molecule has 3 N–H and O–H groups in total. The molecule has 0 aliphatic heterocycles. The van der Waals surface area contributed by atoms with Crippen molar-refractivity contribution in [3.63, 3.8) is 0 Å². The molecule has 1 aromatic carbocycles. The minimum atomic E-state index is -4.70. The number of halogens is 3. The van der Waals surface area contributed by atoms with E-state index < -0.39 is 36.7 Å². The van der Waals surface area contributed by atoms with Gasteiger partial charge in [0.05, 0.1) is 5.56 Å². The molecule has 1 rings (SSSR count). The van der Waals surface area contributed by atoms with Gasteiger partial charge < -0.3 is 5.73 Å². The number of hydrogen-bond donors (Lipinski definition) is 2. The summed E-state index contributed by atoms with van der Waals surface area (Å²) in [5.41, 5.74) is 3.52. The number of benzene rings is 1. The fourth-order valence-electron chi connectivity index (χ4n) is 1.57. The summed E-state index contributed by atoms with van der Waals surface area (Å²) in [7, 11) is -8.16. The third kappa shape index (κ3) is 5.52. The van der Waals surface area contributed by atoms with Gasteiger partial charge >= 0.3 is 6.18 Å². The largest absolute Gasteiger partial charge is 0.416 e. The second-order valence-electron chi connectivity index (χ2n) is 4.33. The van der Waals surface area contributed by atoms with E-state index in [-0.39, 0.29) is 17.8 Å². The predicted octanol–water partition coefficient (Wildman–Crippen LogP) is 0.908. The molecule has 6 nitrogen and oxygen atoms in total. The van der Waals surface area contributed by atoms with E-state index >= 15 is 0 Å². The van der Waals surface area contributed by atoms with E-state index in [1.807, 2.05) is 0 Å². The zero-order valence-electron chi connectivity index (χ0n) is 10.8. The van der Waals surface area contributed by atoms with Gasteiger partial charge in [-0.25, -0.2) is 16.8 Å². The smallest absolute Gasteiger partial charge is 0.326 e. The van der Waals surface area contributed by atoms with Crippen LogP contribution in [0.2, 0.25) is 0 Å². The van der Waals surface area contributed by atoms with Gasteiger partial charge in [0.25, 0.3) is 0 Å². The summed E-state index contributed by atoms with van der Waals surface area (Å²) in [6.45, 7) is -0.370. The first-order chi connectivity index (χ1) is 9.34. The zero-order chi connectivity index (χ0) is 16.5. The van der Waals surface area contributed by atoms with Crippen molar-refractivity contribution in [1.82, 2.24) is 0 Å². The molecule has 0 unspecified atom stereocenters. The molecule has 0 atom stereocenters. The lowest BCUT2D eigenvalue weighted by Gasteiger charge is -2.14. The van der Waals surface area contributed by atoms with Crippen LogP contribution in [0.15, 0.2) is 18.2 Å². The van der Waals surface area contributed by atoms with Crippen molar-refractivity contribution in [3.05, 3.63) is 29.3 Å². The number of anilines is 1. The molecule has 11 heteroatoms. The summed E-state index contributed by atoms with van der Waals surface area (Å²) in [6.07, 6.45) is -4.00. The quantitative estimate of drug-likeness (QED) is 0.824. The van der Waals surface area contributed by atoms with Gasteiger partial charge in [0.1, 0.15) is 0 Å². The molecule has 1 aromatic rings. The maximum Gasteiger partial charge on any atom is 0.416 e. The molecule has 0 bridgehead atoms. The van der Waals surface area contributed by atoms with Gasteiger partial charge in [-0.3, -0.25) is 4.72 Å². The van der Waals surface area contributed by atoms with Gasteiger partial charge in [-0.05, 0) is 17.7 Å². The molecule has 21 heavy (non-hydrogen) atoms. The first-order valence-electron chi connectivity index (χ1n) is 5.42. The number of sulfonamides is 1. The summed E-state index contributed by atoms with van der Waals surface area (Å²) in [5.74, 6) is 0. The van der Waals surface area contributed by atoms with Crippen molar-refractivity contribution in [2.75, 3.05) is 16.1 Å². The van der Waals surface area contributed by atoms with Gasteiger partial charge in [-0.2, -0.15) is 13.2 Å². The van der Waals surface area contributed by atoms with Crippen LogP contribution in [0.1, 0.15) is 11.1 Å². The van der Waals surface area contributed by atoms with Crippen molar-refractivity contribution >= 4 is 25.5 Å². The minimum Gasteiger partial charge on any atom is -0.326 e. The maximum atomic E-state index is 12.8. The van der Waals surface area contributed by atoms with Crippen LogP contribution in [0.3, 0.4) is 0 Å². The van der Waals surface area contributed by atoms with Crippen LogP contribution in [-0.4, -0.2) is 28.2 Å². The SMILES string of the molecule is CS(=O)(=O)CS(=O)(=O)Nc1ccc(CN)c(C(F)(F)F)c1. The first kappa shape index (κ1) is 17.7. The summed E-state index contributed by atoms with van der Waals surface area (Å²) in [6, 6.07) is 2.68. The number of alkyl halides is 3. The van der Waals surface area contributed by atoms with Crippen LogP contribution in [0, 0.1) is 0 Å². The molecule has 0 spiro atoms. The molecule has 0 aliphatic carbocycles. The molecular weight excluding hydrogens is 333 g/mol. The van der Waals surface area contributed by atoms with E-state index in [0.717, 1.165) is 12.1 Å². The zero-order valence-corrected chi connectivity index (χ0v) is 12.4. The highest BCUT2D eigenvalue weighted by Gasteiger charge is 2.33. The van der Waals surface area contributed by atoms with E-state index in [2.05, 4.69) is 0 Å². The average molecular weight is 346 g/mol. The van der Waals surface area contributed by atoms with Crippen molar-refractivity contribution in [2.24, 2.45) is 5.73 Å². The third-order valence-electron chi connectivity index (χ3n) is 2.28. The Bertz CT molecular complexity index is 727. The van der Waals surface area contributed by atoms with Crippen LogP contribution in [0.4, 0.5) is 18.9 Å². The van der Waals surface area contributed by atoms with E-state index in [0.29, 0.717) is 12.3 Å². The normalized spacial score (nSPS) is 13.2. The van der Waals surface area contributed by atoms with E-state index in [1.54, 1.807) is 4.72 Å². The molecule has 0 aromatic heterocycles.